The summed E-state index contributed by atoms with van der Waals surface area (Å²) in [6, 6.07) is 1.95. The molecule has 11 nitrogen and oxygen atoms in total. The molecule has 1 aromatic rings. The van der Waals surface area contributed by atoms with Crippen LogP contribution in [0.3, 0.4) is 0 Å². The highest BCUT2D eigenvalue weighted by Gasteiger charge is 2.50. The van der Waals surface area contributed by atoms with Gasteiger partial charge in [-0.3, -0.25) is 24.1 Å². The Balaban J connectivity index is 0.00000282. The Morgan fingerprint density at radius 2 is 1.57 bits per heavy atom. The zero-order chi connectivity index (χ0) is 33.9. The highest BCUT2D eigenvalue weighted by atomic mass is 19.4. The summed E-state index contributed by atoms with van der Waals surface area (Å²) < 4.78 is 52.4. The van der Waals surface area contributed by atoms with Gasteiger partial charge < -0.3 is 30.2 Å². The van der Waals surface area contributed by atoms with E-state index in [4.69, 9.17) is 9.47 Å². The van der Waals surface area contributed by atoms with Crippen molar-refractivity contribution in [2.45, 2.75) is 96.3 Å². The predicted octanol–water partition coefficient (Wildman–Crippen LogP) is 2.90. The molecule has 1 aromatic carbocycles. The van der Waals surface area contributed by atoms with Crippen molar-refractivity contribution < 1.29 is 46.6 Å². The summed E-state index contributed by atoms with van der Waals surface area (Å²) in [4.78, 5) is 54.6. The van der Waals surface area contributed by atoms with Crippen LogP contribution in [-0.4, -0.2) is 97.9 Å². The molecule has 2 aliphatic heterocycles. The number of alkyl halides is 3. The van der Waals surface area contributed by atoms with Gasteiger partial charge in [0.2, 0.25) is 17.7 Å². The quantitative estimate of drug-likeness (QED) is 0.260. The number of nitrogens with zero attached hydrogens (tertiary/aromatic N) is 1. The Kier molecular flexibility index (Phi) is 13.8. The minimum Gasteiger partial charge on any atom is -0.406 e. The number of epoxide rings is 1. The van der Waals surface area contributed by atoms with Crippen molar-refractivity contribution in [2.75, 3.05) is 39.5 Å². The van der Waals surface area contributed by atoms with E-state index in [-0.39, 0.29) is 37.2 Å². The molecule has 0 aromatic heterocycles. The summed E-state index contributed by atoms with van der Waals surface area (Å²) in [5.41, 5.74) is -0.525. The van der Waals surface area contributed by atoms with Gasteiger partial charge in [-0.05, 0) is 43.9 Å². The Morgan fingerprint density at radius 3 is 2.13 bits per heavy atom. The minimum absolute atomic E-state index is 0.0863. The van der Waals surface area contributed by atoms with Crippen LogP contribution in [0, 0.1) is 5.92 Å². The fourth-order valence-electron chi connectivity index (χ4n) is 5.59. The van der Waals surface area contributed by atoms with Crippen molar-refractivity contribution in [3.63, 3.8) is 0 Å². The normalized spacial score (nSPS) is 22.0. The topological polar surface area (TPSA) is 139 Å². The fourth-order valence-corrected chi connectivity index (χ4v) is 5.59. The molecule has 2 saturated heterocycles. The van der Waals surface area contributed by atoms with E-state index in [0.717, 1.165) is 37.8 Å². The zero-order valence-corrected chi connectivity index (χ0v) is 27.0. The number of benzene rings is 1. The van der Waals surface area contributed by atoms with E-state index in [0.29, 0.717) is 38.3 Å². The van der Waals surface area contributed by atoms with Crippen LogP contribution in [0.25, 0.3) is 0 Å². The summed E-state index contributed by atoms with van der Waals surface area (Å²) in [7, 11) is 0. The van der Waals surface area contributed by atoms with Gasteiger partial charge in [-0.25, -0.2) is 0 Å². The minimum atomic E-state index is -4.86. The molecular formula is C32H47F3N4O7. The zero-order valence-electron chi connectivity index (χ0n) is 27.0. The first-order valence-corrected chi connectivity index (χ1v) is 16.0. The molecule has 3 fully saturated rings. The summed E-state index contributed by atoms with van der Waals surface area (Å²) in [6.07, 6.45) is -0.498. The number of carbonyl (C=O) groups is 4. The molecule has 46 heavy (non-hydrogen) atoms. The Morgan fingerprint density at radius 1 is 0.978 bits per heavy atom. The van der Waals surface area contributed by atoms with Gasteiger partial charge in [0.05, 0.1) is 32.4 Å². The van der Waals surface area contributed by atoms with Crippen LogP contribution in [0.4, 0.5) is 13.2 Å². The average Bonchev–Trinajstić information content (AvgIpc) is 3.55. The maximum absolute atomic E-state index is 13.7. The molecule has 3 amide bonds. The van der Waals surface area contributed by atoms with Crippen molar-refractivity contribution in [3.8, 4) is 5.75 Å². The van der Waals surface area contributed by atoms with Crippen molar-refractivity contribution in [1.29, 1.82) is 0 Å². The third kappa shape index (κ3) is 11.8. The predicted molar refractivity (Wildman–Crippen MR) is 163 cm³/mol. The SMILES string of the molecule is CC.CC(NC(=O)CN1CCOCC1)C(=O)NC(Cc1ccc(OC(F)(F)F)cc1)C(=O)NC(CC1CCCC1)C(=O)C1(C)CO1. The molecule has 0 radical (unpaired) electrons. The lowest BCUT2D eigenvalue weighted by Gasteiger charge is -2.27. The second-order valence-corrected chi connectivity index (χ2v) is 12.0. The number of hydrogen-bond donors (Lipinski definition) is 3. The second kappa shape index (κ2) is 17.1. The summed E-state index contributed by atoms with van der Waals surface area (Å²) >= 11 is 0. The average molecular weight is 657 g/mol. The van der Waals surface area contributed by atoms with Crippen LogP contribution < -0.4 is 20.7 Å². The number of ether oxygens (including phenoxy) is 3. The maximum atomic E-state index is 13.7. The first-order chi connectivity index (χ1) is 21.8. The number of carbonyl (C=O) groups excluding carboxylic acids is 4. The molecule has 258 valence electrons. The van der Waals surface area contributed by atoms with Gasteiger partial charge in [0, 0.05) is 19.5 Å². The summed E-state index contributed by atoms with van der Waals surface area (Å²) in [5, 5.41) is 8.14. The van der Waals surface area contributed by atoms with Gasteiger partial charge in [0.1, 0.15) is 23.4 Å². The second-order valence-electron chi connectivity index (χ2n) is 12.0. The summed E-state index contributed by atoms with van der Waals surface area (Å²) in [5.74, 6) is -2.02. The van der Waals surface area contributed by atoms with E-state index in [1.54, 1.807) is 6.92 Å². The Hall–Kier alpha value is -3.23. The maximum Gasteiger partial charge on any atom is 0.573 e. The molecule has 3 N–H and O–H groups in total. The molecule has 1 saturated carbocycles. The van der Waals surface area contributed by atoms with Gasteiger partial charge in [-0.1, -0.05) is 51.7 Å². The number of halogens is 3. The number of morpholine rings is 1. The van der Waals surface area contributed by atoms with Gasteiger partial charge in [0.25, 0.3) is 0 Å². The largest absolute Gasteiger partial charge is 0.573 e. The smallest absolute Gasteiger partial charge is 0.406 e. The monoisotopic (exact) mass is 656 g/mol. The molecule has 2 heterocycles. The molecule has 4 unspecified atom stereocenters. The highest BCUT2D eigenvalue weighted by molar-refractivity contribution is 5.98. The van der Waals surface area contributed by atoms with E-state index < -0.39 is 47.7 Å². The molecule has 4 rings (SSSR count). The van der Waals surface area contributed by atoms with Gasteiger partial charge >= 0.3 is 6.36 Å². The standard InChI is InChI=1S/C30H41F3N4O7.C2H6/c1-19(34-25(38)17-37-11-13-42-14-12-37)27(40)36-24(16-21-7-9-22(10-8-21)44-30(31,32)33)28(41)35-23(15-20-5-3-4-6-20)26(39)29(2)18-43-29;1-2/h7-10,19-20,23-24H,3-6,11-18H2,1-2H3,(H,34,38)(H,35,41)(H,36,40);1-2H3. The van der Waals surface area contributed by atoms with Crippen molar-refractivity contribution in [2.24, 2.45) is 5.92 Å². The fraction of sp³-hybridized carbons (Fsp3) is 0.688. The lowest BCUT2D eigenvalue weighted by Crippen LogP contribution is -2.57. The third-order valence-corrected chi connectivity index (χ3v) is 8.25. The number of ketones is 1. The number of amides is 3. The summed E-state index contributed by atoms with van der Waals surface area (Å²) in [6.45, 7) is 9.72. The molecule has 0 spiro atoms. The van der Waals surface area contributed by atoms with Crippen LogP contribution in [0.15, 0.2) is 24.3 Å². The Bertz CT molecular complexity index is 1170. The molecular weight excluding hydrogens is 609 g/mol. The molecule has 1 aliphatic carbocycles. The first kappa shape index (κ1) is 37.2. The van der Waals surface area contributed by atoms with Crippen LogP contribution in [-0.2, 0) is 35.1 Å². The van der Waals surface area contributed by atoms with Crippen LogP contribution in [0.2, 0.25) is 0 Å². The van der Waals surface area contributed by atoms with Crippen molar-refractivity contribution in [1.82, 2.24) is 20.9 Å². The number of nitrogens with one attached hydrogen (secondary N) is 3. The van der Waals surface area contributed by atoms with Crippen LogP contribution in [0.5, 0.6) is 5.75 Å². The third-order valence-electron chi connectivity index (χ3n) is 8.25. The van der Waals surface area contributed by atoms with Gasteiger partial charge in [-0.2, -0.15) is 0 Å². The van der Waals surface area contributed by atoms with Crippen molar-refractivity contribution >= 4 is 23.5 Å². The van der Waals surface area contributed by atoms with Crippen LogP contribution in [0.1, 0.15) is 65.4 Å². The van der Waals surface area contributed by atoms with Gasteiger partial charge in [-0.15, -0.1) is 13.2 Å². The molecule has 0 bridgehead atoms. The van der Waals surface area contributed by atoms with Gasteiger partial charge in [0.15, 0.2) is 5.78 Å². The van der Waals surface area contributed by atoms with Crippen molar-refractivity contribution in [3.05, 3.63) is 29.8 Å². The molecule has 14 heteroatoms. The van der Waals surface area contributed by atoms with Crippen LogP contribution >= 0.6 is 0 Å². The van der Waals surface area contributed by atoms with E-state index in [1.807, 2.05) is 18.7 Å². The first-order valence-electron chi connectivity index (χ1n) is 16.0. The number of hydrogen-bond acceptors (Lipinski definition) is 8. The molecule has 3 aliphatic rings. The Labute approximate surface area is 268 Å². The van der Waals surface area contributed by atoms with E-state index in [2.05, 4.69) is 20.7 Å². The molecule has 4 atom stereocenters. The van der Waals surface area contributed by atoms with E-state index in [1.165, 1.54) is 19.1 Å². The number of Topliss-reactive ketones (excluding diaryl/α,β-unsaturated/α-hetero) is 1. The lowest BCUT2D eigenvalue weighted by molar-refractivity contribution is -0.274. The number of rotatable bonds is 14. The van der Waals surface area contributed by atoms with E-state index >= 15 is 0 Å². The highest BCUT2D eigenvalue weighted by Crippen LogP contribution is 2.33. The van der Waals surface area contributed by atoms with E-state index in [9.17, 15) is 32.3 Å². The lowest BCUT2D eigenvalue weighted by atomic mass is 9.90.